The highest BCUT2D eigenvalue weighted by Gasteiger charge is 2.46. The molecule has 0 saturated carbocycles. The van der Waals surface area contributed by atoms with Crippen molar-refractivity contribution in [2.45, 2.75) is 36.9 Å². The molecular weight excluding hydrogens is 236 g/mol. The SMILES string of the molecule is C=CCC1OC(COC)C(OC)C(OC)C1OC. The van der Waals surface area contributed by atoms with Crippen molar-refractivity contribution < 1.29 is 23.7 Å². The van der Waals surface area contributed by atoms with Crippen molar-refractivity contribution in [2.24, 2.45) is 0 Å². The Bertz CT molecular complexity index is 246. The third-order valence-electron chi connectivity index (χ3n) is 3.28. The van der Waals surface area contributed by atoms with Crippen LogP contribution in [0.3, 0.4) is 0 Å². The van der Waals surface area contributed by atoms with Crippen LogP contribution in [0, 0.1) is 0 Å². The zero-order valence-electron chi connectivity index (χ0n) is 11.6. The summed E-state index contributed by atoms with van der Waals surface area (Å²) in [6.45, 7) is 4.21. The first kappa shape index (κ1) is 15.6. The number of methoxy groups -OCH3 is 4. The molecule has 1 aliphatic rings. The second kappa shape index (κ2) is 7.86. The van der Waals surface area contributed by atoms with Gasteiger partial charge in [0.2, 0.25) is 0 Å². The normalized spacial score (nSPS) is 36.6. The van der Waals surface area contributed by atoms with Gasteiger partial charge in [0.05, 0.1) is 12.7 Å². The van der Waals surface area contributed by atoms with Crippen LogP contribution in [0.25, 0.3) is 0 Å². The van der Waals surface area contributed by atoms with Crippen LogP contribution in [-0.2, 0) is 23.7 Å². The van der Waals surface area contributed by atoms with Gasteiger partial charge in [-0.15, -0.1) is 6.58 Å². The molecule has 0 N–H and O–H groups in total. The average molecular weight is 260 g/mol. The lowest BCUT2D eigenvalue weighted by molar-refractivity contribution is -0.248. The molecule has 1 heterocycles. The molecule has 18 heavy (non-hydrogen) atoms. The molecular formula is C13H24O5. The number of ether oxygens (including phenoxy) is 5. The summed E-state index contributed by atoms with van der Waals surface area (Å²) in [5.41, 5.74) is 0. The Kier molecular flexibility index (Phi) is 6.81. The first-order valence-corrected chi connectivity index (χ1v) is 6.07. The van der Waals surface area contributed by atoms with Gasteiger partial charge in [0.15, 0.2) is 0 Å². The largest absolute Gasteiger partial charge is 0.382 e. The van der Waals surface area contributed by atoms with E-state index in [2.05, 4.69) is 6.58 Å². The molecule has 1 fully saturated rings. The maximum absolute atomic E-state index is 5.98. The summed E-state index contributed by atoms with van der Waals surface area (Å²) >= 11 is 0. The van der Waals surface area contributed by atoms with Crippen LogP contribution in [0.4, 0.5) is 0 Å². The Morgan fingerprint density at radius 1 is 0.944 bits per heavy atom. The van der Waals surface area contributed by atoms with Crippen LogP contribution in [0.2, 0.25) is 0 Å². The van der Waals surface area contributed by atoms with E-state index >= 15 is 0 Å². The van der Waals surface area contributed by atoms with Crippen LogP contribution in [0.15, 0.2) is 12.7 Å². The van der Waals surface area contributed by atoms with Crippen LogP contribution in [0.1, 0.15) is 6.42 Å². The van der Waals surface area contributed by atoms with E-state index < -0.39 is 0 Å². The minimum atomic E-state index is -0.207. The Morgan fingerprint density at radius 2 is 1.50 bits per heavy atom. The number of hydrogen-bond donors (Lipinski definition) is 0. The number of rotatable bonds is 7. The van der Waals surface area contributed by atoms with Gasteiger partial charge in [0.25, 0.3) is 0 Å². The second-order valence-electron chi connectivity index (χ2n) is 4.29. The first-order valence-electron chi connectivity index (χ1n) is 6.07. The van der Waals surface area contributed by atoms with Crippen molar-refractivity contribution in [2.75, 3.05) is 35.0 Å². The van der Waals surface area contributed by atoms with E-state index in [9.17, 15) is 0 Å². The van der Waals surface area contributed by atoms with Crippen molar-refractivity contribution in [3.63, 3.8) is 0 Å². The van der Waals surface area contributed by atoms with E-state index in [1.165, 1.54) is 0 Å². The minimum Gasteiger partial charge on any atom is -0.382 e. The Morgan fingerprint density at radius 3 is 1.94 bits per heavy atom. The third kappa shape index (κ3) is 3.30. The summed E-state index contributed by atoms with van der Waals surface area (Å²) in [7, 11) is 6.59. The van der Waals surface area contributed by atoms with Crippen LogP contribution >= 0.6 is 0 Å². The summed E-state index contributed by atoms with van der Waals surface area (Å²) < 4.78 is 27.7. The Labute approximate surface area is 109 Å². The summed E-state index contributed by atoms with van der Waals surface area (Å²) in [4.78, 5) is 0. The molecule has 5 nitrogen and oxygen atoms in total. The van der Waals surface area contributed by atoms with Crippen molar-refractivity contribution in [3.05, 3.63) is 12.7 Å². The highest BCUT2D eigenvalue weighted by molar-refractivity contribution is 4.96. The van der Waals surface area contributed by atoms with E-state index in [0.717, 1.165) is 0 Å². The molecule has 0 aliphatic carbocycles. The van der Waals surface area contributed by atoms with Crippen LogP contribution in [0.5, 0.6) is 0 Å². The molecule has 0 aromatic heterocycles. The fraction of sp³-hybridized carbons (Fsp3) is 0.846. The molecule has 0 spiro atoms. The molecule has 1 aliphatic heterocycles. The standard InChI is InChI=1S/C13H24O5/c1-6-7-9-11(15-3)13(17-5)12(16-4)10(18-9)8-14-2/h6,9-13H,1,7-8H2,2-5H3. The van der Waals surface area contributed by atoms with Crippen molar-refractivity contribution in [1.82, 2.24) is 0 Å². The fourth-order valence-corrected chi connectivity index (χ4v) is 2.48. The Balaban J connectivity index is 2.88. The van der Waals surface area contributed by atoms with Crippen molar-refractivity contribution >= 4 is 0 Å². The lowest BCUT2D eigenvalue weighted by Crippen LogP contribution is -2.60. The molecule has 5 heteroatoms. The van der Waals surface area contributed by atoms with E-state index in [4.69, 9.17) is 23.7 Å². The Hall–Kier alpha value is -0.460. The third-order valence-corrected chi connectivity index (χ3v) is 3.28. The molecule has 0 bridgehead atoms. The predicted molar refractivity (Wildman–Crippen MR) is 67.7 cm³/mol. The van der Waals surface area contributed by atoms with Gasteiger partial charge in [-0.1, -0.05) is 6.08 Å². The quantitative estimate of drug-likeness (QED) is 0.640. The van der Waals surface area contributed by atoms with Gasteiger partial charge >= 0.3 is 0 Å². The monoisotopic (exact) mass is 260 g/mol. The van der Waals surface area contributed by atoms with Crippen LogP contribution in [-0.4, -0.2) is 65.6 Å². The molecule has 0 aromatic carbocycles. The highest BCUT2D eigenvalue weighted by atomic mass is 16.6. The summed E-state index contributed by atoms with van der Waals surface area (Å²) in [6.07, 6.45) is 1.70. The van der Waals surface area contributed by atoms with Crippen molar-refractivity contribution in [3.8, 4) is 0 Å². The second-order valence-corrected chi connectivity index (χ2v) is 4.29. The van der Waals surface area contributed by atoms with Gasteiger partial charge in [0, 0.05) is 28.4 Å². The molecule has 0 amide bonds. The van der Waals surface area contributed by atoms with Gasteiger partial charge in [-0.2, -0.15) is 0 Å². The van der Waals surface area contributed by atoms with Gasteiger partial charge in [-0.25, -0.2) is 0 Å². The molecule has 0 radical (unpaired) electrons. The molecule has 5 atom stereocenters. The maximum atomic E-state index is 5.98. The van der Waals surface area contributed by atoms with Gasteiger partial charge in [-0.3, -0.25) is 0 Å². The lowest BCUT2D eigenvalue weighted by atomic mass is 9.93. The van der Waals surface area contributed by atoms with Gasteiger partial charge in [-0.05, 0) is 6.42 Å². The van der Waals surface area contributed by atoms with E-state index in [1.54, 1.807) is 28.4 Å². The molecule has 1 rings (SSSR count). The van der Waals surface area contributed by atoms with E-state index in [1.807, 2.05) is 6.08 Å². The van der Waals surface area contributed by atoms with E-state index in [-0.39, 0.29) is 30.5 Å². The summed E-state index contributed by atoms with van der Waals surface area (Å²) in [6, 6.07) is 0. The first-order chi connectivity index (χ1) is 8.73. The highest BCUT2D eigenvalue weighted by Crippen LogP contribution is 2.28. The topological polar surface area (TPSA) is 46.2 Å². The summed E-state index contributed by atoms with van der Waals surface area (Å²) in [5, 5.41) is 0. The van der Waals surface area contributed by atoms with E-state index in [0.29, 0.717) is 13.0 Å². The summed E-state index contributed by atoms with van der Waals surface area (Å²) in [5.74, 6) is 0. The fourth-order valence-electron chi connectivity index (χ4n) is 2.48. The zero-order chi connectivity index (χ0) is 13.5. The smallest absolute Gasteiger partial charge is 0.115 e. The van der Waals surface area contributed by atoms with Crippen LogP contribution < -0.4 is 0 Å². The number of hydrogen-bond acceptors (Lipinski definition) is 5. The molecule has 106 valence electrons. The minimum absolute atomic E-state index is 0.0935. The zero-order valence-corrected chi connectivity index (χ0v) is 11.6. The van der Waals surface area contributed by atoms with Gasteiger partial charge in [0.1, 0.15) is 24.4 Å². The molecule has 5 unspecified atom stereocenters. The average Bonchev–Trinajstić information content (AvgIpc) is 2.38. The molecule has 1 saturated heterocycles. The predicted octanol–water partition coefficient (Wildman–Crippen LogP) is 1.02. The maximum Gasteiger partial charge on any atom is 0.115 e. The lowest BCUT2D eigenvalue weighted by Gasteiger charge is -2.44. The van der Waals surface area contributed by atoms with Gasteiger partial charge < -0.3 is 23.7 Å². The molecule has 0 aromatic rings. The van der Waals surface area contributed by atoms with Crippen molar-refractivity contribution in [1.29, 1.82) is 0 Å².